The Morgan fingerprint density at radius 2 is 1.50 bits per heavy atom. The first kappa shape index (κ1) is 17.7. The molecule has 2 atom stereocenters. The van der Waals surface area contributed by atoms with Crippen molar-refractivity contribution in [2.24, 2.45) is 0 Å². The van der Waals surface area contributed by atoms with Gasteiger partial charge in [0.2, 0.25) is 0 Å². The molecule has 0 amide bonds. The van der Waals surface area contributed by atoms with Crippen LogP contribution in [-0.2, 0) is 0 Å². The van der Waals surface area contributed by atoms with Crippen LogP contribution in [-0.4, -0.2) is 19.1 Å². The number of hydrogen-bond donors (Lipinski definition) is 1. The van der Waals surface area contributed by atoms with Gasteiger partial charge in [-0.1, -0.05) is 54.6 Å². The monoisotopic (exact) mass is 470 g/mol. The maximum Gasteiger partial charge on any atom is 0.136 e. The fourth-order valence-electron chi connectivity index (χ4n) is 2.86. The van der Waals surface area contributed by atoms with Gasteiger partial charge in [-0.15, -0.1) is 5.01 Å². The average Bonchev–Trinajstić information content (AvgIpc) is 2.72. The van der Waals surface area contributed by atoms with E-state index in [0.717, 1.165) is 0 Å². The van der Waals surface area contributed by atoms with E-state index in [4.69, 9.17) is 0 Å². The molecule has 4 heteroatoms. The molecule has 2 aromatic carbocycles. The molecule has 22 heavy (non-hydrogen) atoms. The van der Waals surface area contributed by atoms with E-state index < -0.39 is 0 Å². The van der Waals surface area contributed by atoms with Gasteiger partial charge in [-0.3, -0.25) is 0 Å². The lowest BCUT2D eigenvalue weighted by atomic mass is 10.0. The quantitative estimate of drug-likeness (QED) is 0.624. The Balaban J connectivity index is 0.00000176. The van der Waals surface area contributed by atoms with E-state index in [-0.39, 0.29) is 24.0 Å². The van der Waals surface area contributed by atoms with Crippen LogP contribution in [0.1, 0.15) is 18.5 Å². The standard InChI is InChI=1S/C18H19BrN2.HI/c1-13-17(19)18(21(3)20(13)2)16-11-9-15(10-12-16)14-7-5-4-6-8-14;/h4-12,18H,1-3H3;1H. The van der Waals surface area contributed by atoms with E-state index in [9.17, 15) is 0 Å². The van der Waals surface area contributed by atoms with Gasteiger partial charge >= 0.3 is 0 Å². The number of quaternary nitrogens is 1. The number of allylic oxidation sites excluding steroid dienone is 1. The van der Waals surface area contributed by atoms with Crippen molar-refractivity contribution in [1.82, 2.24) is 5.01 Å². The Labute approximate surface area is 157 Å². The van der Waals surface area contributed by atoms with Crippen molar-refractivity contribution in [3.8, 4) is 11.1 Å². The van der Waals surface area contributed by atoms with Crippen LogP contribution in [0.15, 0.2) is 64.8 Å². The summed E-state index contributed by atoms with van der Waals surface area (Å²) in [6.07, 6.45) is 0. The average molecular weight is 471 g/mol. The Hall–Kier alpha value is -0.690. The van der Waals surface area contributed by atoms with Gasteiger partial charge in [0.1, 0.15) is 11.7 Å². The fourth-order valence-corrected chi connectivity index (χ4v) is 3.72. The molecule has 0 spiro atoms. The number of benzene rings is 2. The normalized spacial score (nSPS) is 21.8. The summed E-state index contributed by atoms with van der Waals surface area (Å²) in [5, 5.41) is 3.66. The highest BCUT2D eigenvalue weighted by Gasteiger charge is 2.36. The van der Waals surface area contributed by atoms with Crippen LogP contribution in [0, 0.1) is 0 Å². The number of rotatable bonds is 2. The minimum atomic E-state index is 0. The van der Waals surface area contributed by atoms with Gasteiger partial charge in [0.25, 0.3) is 0 Å². The van der Waals surface area contributed by atoms with E-state index in [1.165, 1.54) is 31.9 Å². The molecule has 116 valence electrons. The summed E-state index contributed by atoms with van der Waals surface area (Å²) in [5.74, 6) is 0. The zero-order valence-corrected chi connectivity index (χ0v) is 16.7. The maximum atomic E-state index is 3.77. The van der Waals surface area contributed by atoms with E-state index in [0.29, 0.717) is 6.04 Å². The van der Waals surface area contributed by atoms with Crippen molar-refractivity contribution in [2.45, 2.75) is 13.0 Å². The molecule has 0 saturated carbocycles. The number of nitrogens with one attached hydrogen (secondary N) is 1. The fraction of sp³-hybridized carbons (Fsp3) is 0.222. The molecule has 2 nitrogen and oxygen atoms in total. The first-order valence-corrected chi connectivity index (χ1v) is 7.97. The number of likely N-dealkylation sites (N-methyl/N-ethyl adjacent to an activating group) is 1. The van der Waals surface area contributed by atoms with Crippen molar-refractivity contribution >= 4 is 15.9 Å². The molecule has 3 rings (SSSR count). The molecule has 2 aromatic rings. The Bertz CT molecular complexity index is 667. The molecule has 0 fully saturated rings. The van der Waals surface area contributed by atoms with Crippen LogP contribution >= 0.6 is 15.9 Å². The van der Waals surface area contributed by atoms with E-state index in [1.807, 2.05) is 0 Å². The highest BCUT2D eigenvalue weighted by molar-refractivity contribution is 9.11. The number of halogens is 2. The van der Waals surface area contributed by atoms with Gasteiger partial charge in [0.05, 0.1) is 11.5 Å². The first-order chi connectivity index (χ1) is 10.1. The third-order valence-electron chi connectivity index (χ3n) is 4.39. The van der Waals surface area contributed by atoms with Crippen LogP contribution in [0.5, 0.6) is 0 Å². The van der Waals surface area contributed by atoms with E-state index in [2.05, 4.69) is 96.6 Å². The third kappa shape index (κ3) is 3.15. The molecule has 0 bridgehead atoms. The summed E-state index contributed by atoms with van der Waals surface area (Å²) in [6, 6.07) is 19.7. The lowest BCUT2D eigenvalue weighted by Crippen LogP contribution is -3.11. The van der Waals surface area contributed by atoms with Gasteiger partial charge in [-0.25, -0.2) is 5.01 Å². The Morgan fingerprint density at radius 1 is 0.955 bits per heavy atom. The Kier molecular flexibility index (Phi) is 5.82. The van der Waals surface area contributed by atoms with Crippen LogP contribution in [0.25, 0.3) is 11.1 Å². The second-order valence-electron chi connectivity index (χ2n) is 5.56. The summed E-state index contributed by atoms with van der Waals surface area (Å²) in [6.45, 7) is 2.17. The molecule has 0 aliphatic carbocycles. The van der Waals surface area contributed by atoms with Crippen LogP contribution in [0.3, 0.4) is 0 Å². The molecule has 0 saturated heterocycles. The van der Waals surface area contributed by atoms with Crippen molar-refractivity contribution in [1.29, 1.82) is 0 Å². The predicted octanol–water partition coefficient (Wildman–Crippen LogP) is 0.400. The summed E-state index contributed by atoms with van der Waals surface area (Å²) >= 11 is 3.77. The second-order valence-corrected chi connectivity index (χ2v) is 6.41. The Morgan fingerprint density at radius 3 is 2.00 bits per heavy atom. The smallest absolute Gasteiger partial charge is 0.136 e. The molecule has 2 unspecified atom stereocenters. The SMILES string of the molecule is CC1=C(Br)C(c2ccc(-c3ccccc3)cc2)N(C)[NH+]1C.[I-]. The molecule has 0 aromatic heterocycles. The summed E-state index contributed by atoms with van der Waals surface area (Å²) < 4.78 is 1.27. The van der Waals surface area contributed by atoms with Gasteiger partial charge < -0.3 is 24.0 Å². The van der Waals surface area contributed by atoms with E-state index in [1.54, 1.807) is 0 Å². The molecular weight excluding hydrogens is 451 g/mol. The lowest BCUT2D eigenvalue weighted by Gasteiger charge is -2.23. The van der Waals surface area contributed by atoms with Crippen LogP contribution in [0.2, 0.25) is 0 Å². The minimum Gasteiger partial charge on any atom is -1.00 e. The van der Waals surface area contributed by atoms with Gasteiger partial charge in [0, 0.05) is 14.0 Å². The summed E-state index contributed by atoms with van der Waals surface area (Å²) in [4.78, 5) is 0. The predicted molar refractivity (Wildman–Crippen MR) is 90.9 cm³/mol. The van der Waals surface area contributed by atoms with Crippen molar-refractivity contribution in [3.63, 3.8) is 0 Å². The molecule has 0 radical (unpaired) electrons. The third-order valence-corrected chi connectivity index (χ3v) is 5.42. The van der Waals surface area contributed by atoms with Gasteiger partial charge in [-0.2, -0.15) is 0 Å². The molecule has 1 aliphatic rings. The summed E-state index contributed by atoms with van der Waals surface area (Å²) in [5.41, 5.74) is 5.18. The second kappa shape index (κ2) is 7.25. The van der Waals surface area contributed by atoms with Crippen molar-refractivity contribution in [2.75, 3.05) is 14.1 Å². The number of hydrogen-bond acceptors (Lipinski definition) is 1. The first-order valence-electron chi connectivity index (χ1n) is 7.18. The highest BCUT2D eigenvalue weighted by atomic mass is 127. The topological polar surface area (TPSA) is 7.68 Å². The van der Waals surface area contributed by atoms with Gasteiger partial charge in [-0.05, 0) is 32.6 Å². The zero-order valence-electron chi connectivity index (χ0n) is 13.0. The highest BCUT2D eigenvalue weighted by Crippen LogP contribution is 2.35. The number of nitrogens with zero attached hydrogens (tertiary/aromatic N) is 1. The van der Waals surface area contributed by atoms with Gasteiger partial charge in [0.15, 0.2) is 0 Å². The molecule has 1 heterocycles. The largest absolute Gasteiger partial charge is 1.00 e. The summed E-state index contributed by atoms with van der Waals surface area (Å²) in [7, 11) is 4.33. The van der Waals surface area contributed by atoms with Crippen molar-refractivity contribution in [3.05, 3.63) is 70.3 Å². The van der Waals surface area contributed by atoms with Crippen LogP contribution in [0.4, 0.5) is 0 Å². The van der Waals surface area contributed by atoms with Crippen molar-refractivity contribution < 1.29 is 29.0 Å². The molecule has 1 N–H and O–H groups in total. The maximum absolute atomic E-state index is 3.77. The van der Waals surface area contributed by atoms with Crippen LogP contribution < -0.4 is 29.0 Å². The molecule has 1 aliphatic heterocycles. The lowest BCUT2D eigenvalue weighted by molar-refractivity contribution is -0.958. The molecular formula is C18H20BrIN2. The zero-order chi connectivity index (χ0) is 15.0. The minimum absolute atomic E-state index is 0. The van der Waals surface area contributed by atoms with E-state index >= 15 is 0 Å².